The number of aliphatic hydroxyl groups excluding tert-OH is 2. The van der Waals surface area contributed by atoms with Crippen LogP contribution in [0.25, 0.3) is 27.9 Å². The van der Waals surface area contributed by atoms with Crippen molar-refractivity contribution >= 4 is 116 Å². The lowest BCUT2D eigenvalue weighted by Gasteiger charge is -2.26. The quantitative estimate of drug-likeness (QED) is 0.0150. The van der Waals surface area contributed by atoms with Crippen molar-refractivity contribution in [3.05, 3.63) is 107 Å². The Labute approximate surface area is 661 Å². The van der Waals surface area contributed by atoms with Crippen molar-refractivity contribution in [2.24, 2.45) is 22.9 Å². The van der Waals surface area contributed by atoms with E-state index in [1.807, 2.05) is 0 Å². The number of nitrogens with zero attached hydrogens (tertiary/aromatic N) is 2. The molecule has 3 aromatic carbocycles. The summed E-state index contributed by atoms with van der Waals surface area (Å²) in [5.41, 5.74) is 27.2. The minimum atomic E-state index is -1.81. The molecule has 0 spiro atoms. The van der Waals surface area contributed by atoms with E-state index in [4.69, 9.17) is 22.9 Å². The molecule has 2 aromatic heterocycles. The highest BCUT2D eigenvalue weighted by Gasteiger charge is 2.35. The molecule has 1 aliphatic rings. The maximum atomic E-state index is 14.2. The molecule has 0 unspecified atom stereocenters. The number of fused-ring (bicyclic) bond motifs is 3. The van der Waals surface area contributed by atoms with Crippen molar-refractivity contribution in [1.29, 1.82) is 0 Å². The van der Waals surface area contributed by atoms with Crippen LogP contribution in [0.2, 0.25) is 0 Å². The van der Waals surface area contributed by atoms with E-state index in [2.05, 4.69) is 142 Å². The van der Waals surface area contributed by atoms with E-state index in [0.717, 1.165) is 51.5 Å². The Morgan fingerprint density at radius 2 is 0.982 bits per heavy atom. The lowest BCUT2D eigenvalue weighted by Crippen LogP contribution is -3.00. The third kappa shape index (κ3) is 30.2. The number of hydrogen-bond acceptors (Lipinski definition) is 19. The predicted molar refractivity (Wildman–Crippen MR) is 417 cm³/mol. The van der Waals surface area contributed by atoms with Crippen LogP contribution in [0.1, 0.15) is 153 Å². The second-order valence-electron chi connectivity index (χ2n) is 27.5. The average molecular weight is 1630 g/mol. The Morgan fingerprint density at radius 1 is 0.505 bits per heavy atom. The molecular weight excluding hydrogens is 1510 g/mol. The summed E-state index contributed by atoms with van der Waals surface area (Å²) >= 11 is 1.78. The van der Waals surface area contributed by atoms with Gasteiger partial charge < -0.3 is 118 Å². The summed E-state index contributed by atoms with van der Waals surface area (Å²) in [5, 5.41) is 58.1. The van der Waals surface area contributed by atoms with Crippen molar-refractivity contribution in [3.63, 3.8) is 0 Å². The molecule has 608 valence electrons. The van der Waals surface area contributed by atoms with Gasteiger partial charge in [-0.15, -0.1) is 0 Å². The summed E-state index contributed by atoms with van der Waals surface area (Å²) in [5.74, 6) is -11.0. The van der Waals surface area contributed by atoms with Crippen molar-refractivity contribution in [2.45, 2.75) is 215 Å². The van der Waals surface area contributed by atoms with Crippen LogP contribution < -0.4 is 103 Å². The fourth-order valence-corrected chi connectivity index (χ4v) is 13.7. The van der Waals surface area contributed by atoms with Crippen LogP contribution in [-0.2, 0) is 70.5 Å². The molecule has 111 heavy (non-hydrogen) atoms. The zero-order chi connectivity index (χ0) is 80.1. The lowest BCUT2D eigenvalue weighted by molar-refractivity contribution is -0.671. The van der Waals surface area contributed by atoms with Gasteiger partial charge in [0.15, 0.2) is 6.20 Å². The zero-order valence-corrected chi connectivity index (χ0v) is 65.9. The van der Waals surface area contributed by atoms with E-state index >= 15 is 0 Å². The van der Waals surface area contributed by atoms with E-state index < -0.39 is 152 Å². The van der Waals surface area contributed by atoms with E-state index in [-0.39, 0.29) is 68.0 Å². The third-order valence-electron chi connectivity index (χ3n) is 18.9. The summed E-state index contributed by atoms with van der Waals surface area (Å²) < 4.78 is 2.33. The second kappa shape index (κ2) is 48.9. The largest absolute Gasteiger partial charge is 1.00 e. The highest BCUT2D eigenvalue weighted by Crippen LogP contribution is 2.45. The van der Waals surface area contributed by atoms with E-state index in [9.17, 15) is 72.9 Å². The number of halogens is 1. The molecule has 11 amide bonds. The molecule has 22 N–H and O–H groups in total. The van der Waals surface area contributed by atoms with Crippen LogP contribution >= 0.6 is 11.8 Å². The number of amides is 11. The number of rotatable bonds is 51. The summed E-state index contributed by atoms with van der Waals surface area (Å²) in [6, 6.07) is 13.2. The van der Waals surface area contributed by atoms with Gasteiger partial charge in [-0.3, -0.25) is 52.7 Å². The van der Waals surface area contributed by atoms with Crippen LogP contribution in [0.3, 0.4) is 0 Å². The molecule has 0 saturated carbocycles. The van der Waals surface area contributed by atoms with Crippen molar-refractivity contribution in [3.8, 4) is 0 Å². The van der Waals surface area contributed by atoms with Crippen LogP contribution in [0.15, 0.2) is 101 Å². The number of unbranched alkanes of at least 4 members (excludes halogenated alkanes) is 10. The van der Waals surface area contributed by atoms with Crippen LogP contribution in [0.5, 0.6) is 0 Å². The second-order valence-corrected chi connectivity index (χ2v) is 28.6. The fraction of sp³-hybridized carbons (Fsp3) is 0.519. The Bertz CT molecular complexity index is 3960. The predicted octanol–water partition coefficient (Wildman–Crippen LogP) is -1.85. The van der Waals surface area contributed by atoms with Crippen LogP contribution in [-0.4, -0.2) is 192 Å². The number of primary amides is 1. The Balaban J connectivity index is 0.0000220. The minimum absolute atomic E-state index is 0. The number of carbonyl (C=O) groups is 12. The normalized spacial score (nSPS) is 14.5. The van der Waals surface area contributed by atoms with Gasteiger partial charge >= 0.3 is 5.97 Å². The van der Waals surface area contributed by atoms with Gasteiger partial charge in [0.25, 0.3) is 0 Å². The number of hydrogen-bond donors (Lipinski definition) is 18. The number of nitrogens with one attached hydrogen (secondary N) is 11. The molecule has 9 atom stereocenters. The molecule has 0 bridgehead atoms. The topological polar surface area (TPSA) is 513 Å². The van der Waals surface area contributed by atoms with Gasteiger partial charge in [-0.25, -0.2) is 4.79 Å². The number of carboxylic acids is 1. The van der Waals surface area contributed by atoms with E-state index in [1.165, 1.54) is 45.9 Å². The van der Waals surface area contributed by atoms with E-state index in [1.54, 1.807) is 42.2 Å². The number of aryl methyl sites for hydroxylation is 1. The molecule has 0 radical (unpaired) electrons. The molecule has 32 nitrogen and oxygen atoms in total. The number of carboxylic acid groups (broad SMARTS) is 1. The van der Waals surface area contributed by atoms with Crippen LogP contribution in [0, 0.1) is 0 Å². The molecule has 6 rings (SSSR count). The molecule has 3 heterocycles. The number of pyridine rings is 1. The Hall–Kier alpha value is -9.58. The number of thioether (sulfide) groups is 1. The number of para-hydroxylation sites is 3. The first-order valence-corrected chi connectivity index (χ1v) is 38.7. The van der Waals surface area contributed by atoms with Crippen LogP contribution in [0.4, 0.5) is 5.69 Å². The van der Waals surface area contributed by atoms with Gasteiger partial charge in [-0.1, -0.05) is 86.3 Å². The molecule has 5 aromatic rings. The van der Waals surface area contributed by atoms with Crippen molar-refractivity contribution in [2.75, 3.05) is 51.3 Å². The third-order valence-corrected chi connectivity index (χ3v) is 20.1. The monoisotopic (exact) mass is 1630 g/mol. The number of carbonyl (C=O) groups excluding carboxylic acids is 11. The van der Waals surface area contributed by atoms with Gasteiger partial charge in [-0.2, -0.15) is 4.57 Å². The number of H-pyrrole nitrogens is 1. The minimum Gasteiger partial charge on any atom is -1.00 e. The Kier molecular flexibility index (Phi) is 40.6. The van der Waals surface area contributed by atoms with Crippen molar-refractivity contribution in [1.82, 2.24) is 58.2 Å². The van der Waals surface area contributed by atoms with Gasteiger partial charge in [0.1, 0.15) is 60.9 Å². The molecule has 0 fully saturated rings. The molecule has 0 aliphatic carbocycles. The summed E-state index contributed by atoms with van der Waals surface area (Å²) in [6.45, 7) is 1.55. The zero-order valence-electron chi connectivity index (χ0n) is 63.5. The number of nitrogens with two attached hydrogens (primary N) is 4. The van der Waals surface area contributed by atoms with Crippen molar-refractivity contribution < 1.29 is 94.4 Å². The molecule has 0 saturated heterocycles. The highest BCUT2D eigenvalue weighted by atomic mass is 79.9. The number of aliphatic carboxylic acids is 1. The van der Waals surface area contributed by atoms with Gasteiger partial charge in [-0.05, 0) is 152 Å². The first-order valence-electron chi connectivity index (χ1n) is 37.9. The summed E-state index contributed by atoms with van der Waals surface area (Å²) in [7, 11) is 2.10. The van der Waals surface area contributed by atoms with Gasteiger partial charge in [0, 0.05) is 66.9 Å². The number of benzene rings is 3. The molecular formula is C77H112BrN17O15S. The lowest BCUT2D eigenvalue weighted by atomic mass is 10.0. The maximum Gasteiger partial charge on any atom is 0.326 e. The molecule has 1 aliphatic heterocycles. The Morgan fingerprint density at radius 3 is 1.56 bits per heavy atom. The number of aromatic nitrogens is 2. The first kappa shape index (κ1) is 92.0. The maximum absolute atomic E-state index is 14.2. The summed E-state index contributed by atoms with van der Waals surface area (Å²) in [6.07, 6.45) is 15.7. The van der Waals surface area contributed by atoms with Gasteiger partial charge in [0.2, 0.25) is 70.5 Å². The smallest absolute Gasteiger partial charge is 0.326 e. The molecule has 34 heteroatoms. The number of aromatic amines is 1. The highest BCUT2D eigenvalue weighted by molar-refractivity contribution is 8.03. The summed E-state index contributed by atoms with van der Waals surface area (Å²) in [4.78, 5) is 167. The first-order chi connectivity index (χ1) is 52.9. The van der Waals surface area contributed by atoms with E-state index in [0.29, 0.717) is 68.1 Å². The standard InChI is InChI=1S/C77H111N17O15S.BrH/c1-48(84-72(103)55(27-17-20-37-78)86-66(98)33-10-8-6-4-5-7-9-23-40-94-41-36-50(53-25-12-14-30-62(53)94)43-68-93(3)63-31-15-16-32-64(63)110-68)69(100)88-57(34-35-65(81)97)74(105)92-61(47-96)76(107)90-59(42-51-44-82-54-26-13-11-24-52(51)54)71(102)83-45-67(99)87-56(28-18-21-38-79)73(104)91-60(46-95)75(106)85-49(2)70(101)89-58(77(108)109)29-19-22-39-80;/h11-16,24-26,30-32,36,41,43-44,48-49,55-61,82,95-96H,4-10,17-23,27-29,33-35,37-40,42,45-47,78-80H2,1-3H3,(H12-,81,83,84,85,86,87,88,89,90,91,92,97,98,99,100,101,102,103,104,105,106,107,108,109);1H/t48-,49-,55-,56-,57-,58-,59-,60-,61-;/m0./s1. The fourth-order valence-electron chi connectivity index (χ4n) is 12.6. The number of aliphatic hydroxyl groups is 2. The average Bonchev–Trinajstić information content (AvgIpc) is 1.78. The number of anilines is 1. The SMILES string of the molecule is C[C@H](NC(=O)[C@H](CCCCN)NC(=O)CCCCCCCCCC[n+]1ccc(/C=C2/Sc3ccccc3N2C)c2ccccc21)C(=O)N[C@@H](CCC(N)=O)C(=O)N[C@@H](CO)C(=O)N[C@@H](Cc1c[nH]c2ccccc12)C(=O)NCC(=O)N[C@@H](CCCCN)C(=O)N[C@@H](CO)C(=O)N[C@@H](C)C(=O)N[C@@H](CCCCN)C(=O)O.[Br-]. The van der Waals surface area contributed by atoms with Gasteiger partial charge in [0.05, 0.1) is 35.9 Å².